The summed E-state index contributed by atoms with van der Waals surface area (Å²) in [5.74, 6) is -0.908. The van der Waals surface area contributed by atoms with Crippen LogP contribution in [-0.4, -0.2) is 16.1 Å². The highest BCUT2D eigenvalue weighted by Crippen LogP contribution is 2.29. The molecule has 0 bridgehead atoms. The maximum atomic E-state index is 11.1. The molecule has 0 aliphatic heterocycles. The Hall–Kier alpha value is -1.38. The number of hydrogen-bond donors (Lipinski definition) is 1. The van der Waals surface area contributed by atoms with Crippen LogP contribution < -0.4 is 0 Å². The monoisotopic (exact) mass is 207 g/mol. The Labute approximate surface area is 90.2 Å². The molecule has 0 spiro atoms. The van der Waals surface area contributed by atoms with Crippen LogP contribution in [0.3, 0.4) is 0 Å². The molecule has 2 atom stereocenters. The minimum atomic E-state index is -0.707. The van der Waals surface area contributed by atoms with Crippen LogP contribution >= 0.6 is 0 Å². The number of aromatic nitrogens is 1. The quantitative estimate of drug-likeness (QED) is 0.807. The lowest BCUT2D eigenvalue weighted by molar-refractivity contribution is -0.142. The van der Waals surface area contributed by atoms with Crippen LogP contribution in [0.5, 0.6) is 0 Å². The molecule has 1 aromatic heterocycles. The highest BCUT2D eigenvalue weighted by Gasteiger charge is 2.26. The minimum absolute atomic E-state index is 0.0931. The van der Waals surface area contributed by atoms with Crippen LogP contribution in [0.15, 0.2) is 24.5 Å². The summed E-state index contributed by atoms with van der Waals surface area (Å²) in [4.78, 5) is 15.0. The number of carboxylic acid groups (broad SMARTS) is 1. The summed E-state index contributed by atoms with van der Waals surface area (Å²) in [5, 5.41) is 9.12. The Kier molecular flexibility index (Phi) is 4.28. The van der Waals surface area contributed by atoms with Crippen molar-refractivity contribution in [3.63, 3.8) is 0 Å². The van der Waals surface area contributed by atoms with Crippen molar-refractivity contribution in [2.45, 2.75) is 32.6 Å². The molecular weight excluding hydrogens is 190 g/mol. The Morgan fingerprint density at radius 3 is 2.33 bits per heavy atom. The Morgan fingerprint density at radius 2 is 1.93 bits per heavy atom. The van der Waals surface area contributed by atoms with Crippen LogP contribution in [0.1, 0.15) is 38.2 Å². The summed E-state index contributed by atoms with van der Waals surface area (Å²) >= 11 is 0. The molecule has 0 aliphatic rings. The van der Waals surface area contributed by atoms with E-state index in [-0.39, 0.29) is 11.8 Å². The van der Waals surface area contributed by atoms with Gasteiger partial charge in [-0.05, 0) is 36.5 Å². The van der Waals surface area contributed by atoms with E-state index in [0.717, 1.165) is 12.0 Å². The maximum Gasteiger partial charge on any atom is 0.307 e. The minimum Gasteiger partial charge on any atom is -0.481 e. The zero-order chi connectivity index (χ0) is 11.3. The van der Waals surface area contributed by atoms with Gasteiger partial charge in [0.1, 0.15) is 0 Å². The standard InChI is InChI=1S/C12H17NO2/c1-3-10(11(4-2)12(14)15)9-5-7-13-8-6-9/h5-8,10-11H,3-4H2,1-2H3,(H,14,15). The lowest BCUT2D eigenvalue weighted by Crippen LogP contribution is -2.21. The van der Waals surface area contributed by atoms with E-state index < -0.39 is 5.97 Å². The average molecular weight is 207 g/mol. The molecule has 3 nitrogen and oxygen atoms in total. The lowest BCUT2D eigenvalue weighted by Gasteiger charge is -2.21. The number of nitrogens with zero attached hydrogens (tertiary/aromatic N) is 1. The van der Waals surface area contributed by atoms with Crippen molar-refractivity contribution in [3.8, 4) is 0 Å². The molecule has 1 aromatic rings. The molecule has 0 radical (unpaired) electrons. The molecule has 0 amide bonds. The second-order valence-electron chi connectivity index (χ2n) is 3.65. The van der Waals surface area contributed by atoms with Crippen LogP contribution in [0.4, 0.5) is 0 Å². The molecule has 0 saturated carbocycles. The second-order valence-corrected chi connectivity index (χ2v) is 3.65. The zero-order valence-corrected chi connectivity index (χ0v) is 9.18. The number of carbonyl (C=O) groups is 1. The molecule has 1 heterocycles. The molecule has 0 aromatic carbocycles. The third kappa shape index (κ3) is 2.78. The van der Waals surface area contributed by atoms with Crippen LogP contribution in [0.25, 0.3) is 0 Å². The average Bonchev–Trinajstić information content (AvgIpc) is 2.26. The molecule has 0 saturated heterocycles. The van der Waals surface area contributed by atoms with Gasteiger partial charge in [0, 0.05) is 12.4 Å². The Morgan fingerprint density at radius 1 is 1.33 bits per heavy atom. The van der Waals surface area contributed by atoms with E-state index in [4.69, 9.17) is 5.11 Å². The van der Waals surface area contributed by atoms with Crippen molar-refractivity contribution in [2.75, 3.05) is 0 Å². The topological polar surface area (TPSA) is 50.2 Å². The van der Waals surface area contributed by atoms with Crippen LogP contribution in [0.2, 0.25) is 0 Å². The molecule has 15 heavy (non-hydrogen) atoms. The summed E-state index contributed by atoms with van der Waals surface area (Å²) in [6.07, 6.45) is 4.93. The SMILES string of the molecule is CCC(C(=O)O)C(CC)c1ccncc1. The molecule has 1 rings (SSSR count). The molecule has 0 aliphatic carbocycles. The lowest BCUT2D eigenvalue weighted by atomic mass is 9.83. The fourth-order valence-electron chi connectivity index (χ4n) is 1.99. The first kappa shape index (κ1) is 11.7. The largest absolute Gasteiger partial charge is 0.481 e. The highest BCUT2D eigenvalue weighted by atomic mass is 16.4. The van der Waals surface area contributed by atoms with Crippen molar-refractivity contribution in [2.24, 2.45) is 5.92 Å². The number of aliphatic carboxylic acids is 1. The zero-order valence-electron chi connectivity index (χ0n) is 9.18. The number of rotatable bonds is 5. The summed E-state index contributed by atoms with van der Waals surface area (Å²) in [6.45, 7) is 3.94. The predicted octanol–water partition coefficient (Wildman–Crippen LogP) is 2.69. The number of hydrogen-bond acceptors (Lipinski definition) is 2. The first-order chi connectivity index (χ1) is 7.20. The van der Waals surface area contributed by atoms with Crippen molar-refractivity contribution < 1.29 is 9.90 Å². The van der Waals surface area contributed by atoms with Gasteiger partial charge in [-0.3, -0.25) is 9.78 Å². The van der Waals surface area contributed by atoms with Gasteiger partial charge in [-0.15, -0.1) is 0 Å². The Balaban J connectivity index is 2.92. The maximum absolute atomic E-state index is 11.1. The fourth-order valence-corrected chi connectivity index (χ4v) is 1.99. The van der Waals surface area contributed by atoms with Crippen LogP contribution in [0, 0.1) is 5.92 Å². The van der Waals surface area contributed by atoms with Crippen molar-refractivity contribution in [1.82, 2.24) is 4.98 Å². The van der Waals surface area contributed by atoms with E-state index in [1.165, 1.54) is 0 Å². The molecular formula is C12H17NO2. The van der Waals surface area contributed by atoms with Gasteiger partial charge in [-0.2, -0.15) is 0 Å². The number of pyridine rings is 1. The van der Waals surface area contributed by atoms with Crippen LogP contribution in [-0.2, 0) is 4.79 Å². The van der Waals surface area contributed by atoms with E-state index in [1.807, 2.05) is 26.0 Å². The fraction of sp³-hybridized carbons (Fsp3) is 0.500. The van der Waals surface area contributed by atoms with Gasteiger partial charge in [0.15, 0.2) is 0 Å². The summed E-state index contributed by atoms with van der Waals surface area (Å²) in [7, 11) is 0. The summed E-state index contributed by atoms with van der Waals surface area (Å²) < 4.78 is 0. The third-order valence-electron chi connectivity index (χ3n) is 2.82. The van der Waals surface area contributed by atoms with Gasteiger partial charge < -0.3 is 5.11 Å². The smallest absolute Gasteiger partial charge is 0.307 e. The summed E-state index contributed by atoms with van der Waals surface area (Å²) in [6, 6.07) is 3.81. The van der Waals surface area contributed by atoms with Crippen molar-refractivity contribution in [1.29, 1.82) is 0 Å². The normalized spacial score (nSPS) is 14.5. The Bertz CT molecular complexity index is 311. The van der Waals surface area contributed by atoms with Crippen molar-refractivity contribution >= 4 is 5.97 Å². The van der Waals surface area contributed by atoms with E-state index in [1.54, 1.807) is 12.4 Å². The highest BCUT2D eigenvalue weighted by molar-refractivity contribution is 5.71. The van der Waals surface area contributed by atoms with Gasteiger partial charge >= 0.3 is 5.97 Å². The van der Waals surface area contributed by atoms with E-state index in [9.17, 15) is 4.79 Å². The first-order valence-electron chi connectivity index (χ1n) is 5.33. The predicted molar refractivity (Wildman–Crippen MR) is 58.7 cm³/mol. The molecule has 3 heteroatoms. The molecule has 0 fully saturated rings. The van der Waals surface area contributed by atoms with E-state index >= 15 is 0 Å². The van der Waals surface area contributed by atoms with Gasteiger partial charge in [0.2, 0.25) is 0 Å². The van der Waals surface area contributed by atoms with Crippen molar-refractivity contribution in [3.05, 3.63) is 30.1 Å². The molecule has 2 unspecified atom stereocenters. The molecule has 82 valence electrons. The van der Waals surface area contributed by atoms with Gasteiger partial charge in [-0.25, -0.2) is 0 Å². The van der Waals surface area contributed by atoms with E-state index in [2.05, 4.69) is 4.98 Å². The summed E-state index contributed by atoms with van der Waals surface area (Å²) in [5.41, 5.74) is 1.07. The second kappa shape index (κ2) is 5.49. The molecule has 1 N–H and O–H groups in total. The van der Waals surface area contributed by atoms with E-state index in [0.29, 0.717) is 6.42 Å². The van der Waals surface area contributed by atoms with Gasteiger partial charge in [0.25, 0.3) is 0 Å². The third-order valence-corrected chi connectivity index (χ3v) is 2.82. The van der Waals surface area contributed by atoms with Gasteiger partial charge in [0.05, 0.1) is 5.92 Å². The van der Waals surface area contributed by atoms with Gasteiger partial charge in [-0.1, -0.05) is 13.8 Å². The first-order valence-corrected chi connectivity index (χ1v) is 5.33. The number of carboxylic acids is 1.